The fourth-order valence-electron chi connectivity index (χ4n) is 2.00. The van der Waals surface area contributed by atoms with E-state index in [4.69, 9.17) is 5.11 Å². The Kier molecular flexibility index (Phi) is 5.65. The largest absolute Gasteiger partial charge is 0.395 e. The topological polar surface area (TPSA) is 43.8 Å². The van der Waals surface area contributed by atoms with Crippen molar-refractivity contribution in [3.05, 3.63) is 0 Å². The highest BCUT2D eigenvalue weighted by molar-refractivity contribution is 5.76. The molecule has 1 rings (SSSR count). The minimum Gasteiger partial charge on any atom is -0.395 e. The molecule has 1 N–H and O–H groups in total. The second-order valence-corrected chi connectivity index (χ2v) is 4.00. The van der Waals surface area contributed by atoms with E-state index in [1.807, 2.05) is 6.92 Å². The molecule has 0 aromatic carbocycles. The number of carbonyl (C=O) groups is 1. The lowest BCUT2D eigenvalue weighted by Gasteiger charge is -2.21. The molecule has 4 heteroatoms. The van der Waals surface area contributed by atoms with Gasteiger partial charge in [0.25, 0.3) is 0 Å². The van der Waals surface area contributed by atoms with Gasteiger partial charge in [0.15, 0.2) is 0 Å². The number of likely N-dealkylation sites (N-methyl/N-ethyl adjacent to an activating group) is 1. The van der Waals surface area contributed by atoms with Crippen LogP contribution in [0.3, 0.4) is 0 Å². The summed E-state index contributed by atoms with van der Waals surface area (Å²) in [5.41, 5.74) is 0. The lowest BCUT2D eigenvalue weighted by atomic mass is 10.3. The van der Waals surface area contributed by atoms with Gasteiger partial charge in [-0.05, 0) is 32.9 Å². The van der Waals surface area contributed by atoms with Crippen LogP contribution < -0.4 is 0 Å². The van der Waals surface area contributed by atoms with E-state index in [2.05, 4.69) is 4.90 Å². The molecule has 0 aromatic heterocycles. The van der Waals surface area contributed by atoms with Crippen LogP contribution in [0.5, 0.6) is 0 Å². The van der Waals surface area contributed by atoms with E-state index in [1.54, 1.807) is 4.90 Å². The van der Waals surface area contributed by atoms with Crippen molar-refractivity contribution in [1.82, 2.24) is 9.80 Å². The number of nitrogens with zero attached hydrogens (tertiary/aromatic N) is 2. The first-order chi connectivity index (χ1) is 7.27. The van der Waals surface area contributed by atoms with Crippen molar-refractivity contribution in [3.63, 3.8) is 0 Å². The first-order valence-electron chi connectivity index (χ1n) is 5.89. The van der Waals surface area contributed by atoms with Crippen molar-refractivity contribution < 1.29 is 9.90 Å². The Labute approximate surface area is 91.9 Å². The second kappa shape index (κ2) is 6.80. The lowest BCUT2D eigenvalue weighted by Crippen LogP contribution is -2.35. The summed E-state index contributed by atoms with van der Waals surface area (Å²) >= 11 is 0. The third-order valence-electron chi connectivity index (χ3n) is 2.94. The molecule has 88 valence electrons. The smallest absolute Gasteiger partial charge is 0.223 e. The Hall–Kier alpha value is -0.610. The summed E-state index contributed by atoms with van der Waals surface area (Å²) in [4.78, 5) is 15.8. The molecule has 4 nitrogen and oxygen atoms in total. The Balaban J connectivity index is 2.20. The maximum Gasteiger partial charge on any atom is 0.223 e. The van der Waals surface area contributed by atoms with Gasteiger partial charge < -0.3 is 14.9 Å². The highest BCUT2D eigenvalue weighted by Gasteiger charge is 2.15. The van der Waals surface area contributed by atoms with Gasteiger partial charge in [0, 0.05) is 26.1 Å². The van der Waals surface area contributed by atoms with Crippen LogP contribution in [0.25, 0.3) is 0 Å². The molecule has 1 heterocycles. The third kappa shape index (κ3) is 4.18. The van der Waals surface area contributed by atoms with Crippen molar-refractivity contribution in [2.24, 2.45) is 0 Å². The van der Waals surface area contributed by atoms with Crippen molar-refractivity contribution in [2.45, 2.75) is 26.2 Å². The van der Waals surface area contributed by atoms with Crippen molar-refractivity contribution in [2.75, 3.05) is 39.3 Å². The number of hydrogen-bond acceptors (Lipinski definition) is 3. The normalized spacial score (nSPS) is 16.9. The average Bonchev–Trinajstić information content (AvgIpc) is 2.75. The summed E-state index contributed by atoms with van der Waals surface area (Å²) in [5.74, 6) is 0.165. The van der Waals surface area contributed by atoms with Crippen molar-refractivity contribution in [3.8, 4) is 0 Å². The molecule has 0 atom stereocenters. The zero-order chi connectivity index (χ0) is 11.1. The van der Waals surface area contributed by atoms with E-state index in [0.29, 0.717) is 19.5 Å². The van der Waals surface area contributed by atoms with Crippen LogP contribution in [-0.2, 0) is 4.79 Å². The molecule has 1 amide bonds. The number of amides is 1. The molecule has 15 heavy (non-hydrogen) atoms. The molecule has 1 saturated heterocycles. The fraction of sp³-hybridized carbons (Fsp3) is 0.909. The minimum absolute atomic E-state index is 0.0588. The van der Waals surface area contributed by atoms with Crippen molar-refractivity contribution >= 4 is 5.91 Å². The fourth-order valence-corrected chi connectivity index (χ4v) is 2.00. The van der Waals surface area contributed by atoms with Crippen LogP contribution in [0, 0.1) is 0 Å². The van der Waals surface area contributed by atoms with Gasteiger partial charge in [-0.3, -0.25) is 4.79 Å². The van der Waals surface area contributed by atoms with Gasteiger partial charge >= 0.3 is 0 Å². The monoisotopic (exact) mass is 214 g/mol. The lowest BCUT2D eigenvalue weighted by molar-refractivity contribution is -0.131. The molecule has 0 aromatic rings. The minimum atomic E-state index is 0.0588. The zero-order valence-electron chi connectivity index (χ0n) is 9.61. The number of likely N-dealkylation sites (tertiary alicyclic amines) is 1. The van der Waals surface area contributed by atoms with Crippen LogP contribution in [0.4, 0.5) is 0 Å². The van der Waals surface area contributed by atoms with E-state index >= 15 is 0 Å². The highest BCUT2D eigenvalue weighted by Crippen LogP contribution is 2.08. The van der Waals surface area contributed by atoms with E-state index < -0.39 is 0 Å². The molecule has 0 unspecified atom stereocenters. The Morgan fingerprint density at radius 1 is 1.40 bits per heavy atom. The van der Waals surface area contributed by atoms with Crippen LogP contribution in [-0.4, -0.2) is 60.1 Å². The zero-order valence-corrected chi connectivity index (χ0v) is 9.61. The molecule has 0 bridgehead atoms. The predicted molar refractivity (Wildman–Crippen MR) is 59.6 cm³/mol. The summed E-state index contributed by atoms with van der Waals surface area (Å²) in [6.07, 6.45) is 3.12. The van der Waals surface area contributed by atoms with Gasteiger partial charge in [0.2, 0.25) is 5.91 Å². The van der Waals surface area contributed by atoms with E-state index in [1.165, 1.54) is 12.8 Å². The first kappa shape index (κ1) is 12.5. The number of hydrogen-bond donors (Lipinski definition) is 1. The van der Waals surface area contributed by atoms with Gasteiger partial charge in [0.1, 0.15) is 0 Å². The van der Waals surface area contributed by atoms with E-state index in [0.717, 1.165) is 19.6 Å². The van der Waals surface area contributed by atoms with Crippen LogP contribution in [0.2, 0.25) is 0 Å². The van der Waals surface area contributed by atoms with E-state index in [9.17, 15) is 4.79 Å². The van der Waals surface area contributed by atoms with Crippen molar-refractivity contribution in [1.29, 1.82) is 0 Å². The molecule has 0 spiro atoms. The summed E-state index contributed by atoms with van der Waals surface area (Å²) in [6.45, 7) is 6.32. The molecular weight excluding hydrogens is 192 g/mol. The predicted octanol–water partition coefficient (Wildman–Crippen LogP) is 0.313. The summed E-state index contributed by atoms with van der Waals surface area (Å²) in [6, 6.07) is 0. The number of carbonyl (C=O) groups excluding carboxylic acids is 1. The molecule has 0 saturated carbocycles. The quantitative estimate of drug-likeness (QED) is 0.692. The summed E-state index contributed by atoms with van der Waals surface area (Å²) < 4.78 is 0. The highest BCUT2D eigenvalue weighted by atomic mass is 16.3. The Bertz CT molecular complexity index is 191. The van der Waals surface area contributed by atoms with Gasteiger partial charge in [-0.15, -0.1) is 0 Å². The number of aliphatic hydroxyl groups is 1. The molecule has 1 aliphatic heterocycles. The van der Waals surface area contributed by atoms with Crippen LogP contribution in [0.15, 0.2) is 0 Å². The standard InChI is InChI=1S/C11H22N2O2/c1-2-13(9-10-14)11(15)5-8-12-6-3-4-7-12/h14H,2-10H2,1H3. The SMILES string of the molecule is CCN(CCO)C(=O)CCN1CCCC1. The maximum atomic E-state index is 11.7. The van der Waals surface area contributed by atoms with Crippen LogP contribution >= 0.6 is 0 Å². The maximum absolute atomic E-state index is 11.7. The molecule has 1 fully saturated rings. The Morgan fingerprint density at radius 3 is 2.60 bits per heavy atom. The average molecular weight is 214 g/mol. The van der Waals surface area contributed by atoms with Gasteiger partial charge in [-0.1, -0.05) is 0 Å². The first-order valence-corrected chi connectivity index (χ1v) is 5.89. The van der Waals surface area contributed by atoms with Crippen LogP contribution in [0.1, 0.15) is 26.2 Å². The third-order valence-corrected chi connectivity index (χ3v) is 2.94. The van der Waals surface area contributed by atoms with Gasteiger partial charge in [-0.2, -0.15) is 0 Å². The summed E-state index contributed by atoms with van der Waals surface area (Å²) in [7, 11) is 0. The Morgan fingerprint density at radius 2 is 2.07 bits per heavy atom. The molecule has 1 aliphatic rings. The van der Waals surface area contributed by atoms with Gasteiger partial charge in [0.05, 0.1) is 6.61 Å². The van der Waals surface area contributed by atoms with Gasteiger partial charge in [-0.25, -0.2) is 0 Å². The second-order valence-electron chi connectivity index (χ2n) is 4.00. The molecule has 0 radical (unpaired) electrons. The summed E-state index contributed by atoms with van der Waals surface area (Å²) in [5, 5.41) is 8.79. The van der Waals surface area contributed by atoms with E-state index in [-0.39, 0.29) is 12.5 Å². The molecular formula is C11H22N2O2. The number of aliphatic hydroxyl groups excluding tert-OH is 1. The number of rotatable bonds is 6. The molecule has 0 aliphatic carbocycles.